The number of methoxy groups -OCH3 is 1. The Hall–Kier alpha value is -3.29. The van der Waals surface area contributed by atoms with Crippen molar-refractivity contribution in [3.63, 3.8) is 0 Å². The number of ether oxygens (including phenoxy) is 2. The van der Waals surface area contributed by atoms with Crippen molar-refractivity contribution >= 4 is 23.5 Å². The smallest absolute Gasteiger partial charge is 0.312 e. The van der Waals surface area contributed by atoms with E-state index in [0.29, 0.717) is 23.7 Å². The molecule has 2 amide bonds. The van der Waals surface area contributed by atoms with Gasteiger partial charge in [0, 0.05) is 13.0 Å². The lowest BCUT2D eigenvalue weighted by molar-refractivity contribution is -0.157. The van der Waals surface area contributed by atoms with Crippen molar-refractivity contribution in [2.75, 3.05) is 19.0 Å². The molecule has 1 aliphatic rings. The zero-order valence-electron chi connectivity index (χ0n) is 16.6. The van der Waals surface area contributed by atoms with Crippen molar-refractivity contribution in [3.8, 4) is 5.75 Å². The van der Waals surface area contributed by atoms with Crippen LogP contribution >= 0.6 is 0 Å². The maximum absolute atomic E-state index is 12.5. The Morgan fingerprint density at radius 3 is 2.83 bits per heavy atom. The van der Waals surface area contributed by atoms with Crippen LogP contribution in [0.25, 0.3) is 0 Å². The summed E-state index contributed by atoms with van der Waals surface area (Å²) < 4.78 is 15.8. The third-order valence-electron chi connectivity index (χ3n) is 4.75. The number of benzene rings is 1. The number of carbonyl (C=O) groups excluding carboxylic acids is 3. The van der Waals surface area contributed by atoms with Gasteiger partial charge < -0.3 is 24.1 Å². The molecule has 154 valence electrons. The number of esters is 1. The first-order chi connectivity index (χ1) is 13.9. The van der Waals surface area contributed by atoms with Crippen molar-refractivity contribution in [1.29, 1.82) is 0 Å². The number of amides is 2. The molecular weight excluding hydrogens is 376 g/mol. The summed E-state index contributed by atoms with van der Waals surface area (Å²) in [5.41, 5.74) is 1.45. The maximum Gasteiger partial charge on any atom is 0.312 e. The molecule has 1 aliphatic heterocycles. The van der Waals surface area contributed by atoms with Crippen LogP contribution in [-0.4, -0.2) is 42.4 Å². The van der Waals surface area contributed by atoms with E-state index in [1.54, 1.807) is 29.2 Å². The summed E-state index contributed by atoms with van der Waals surface area (Å²) in [6.45, 7) is 3.92. The summed E-state index contributed by atoms with van der Waals surface area (Å²) in [6.07, 6.45) is 0.576. The average Bonchev–Trinajstić information content (AvgIpc) is 3.32. The van der Waals surface area contributed by atoms with Crippen LogP contribution in [0.1, 0.15) is 24.7 Å². The number of rotatable bonds is 7. The van der Waals surface area contributed by atoms with E-state index >= 15 is 0 Å². The van der Waals surface area contributed by atoms with Gasteiger partial charge in [-0.2, -0.15) is 0 Å². The van der Waals surface area contributed by atoms with Gasteiger partial charge in [0.2, 0.25) is 5.91 Å². The molecule has 0 aliphatic carbocycles. The Bertz CT molecular complexity index is 893. The minimum atomic E-state index is -1.01. The Morgan fingerprint density at radius 1 is 1.34 bits per heavy atom. The molecule has 2 atom stereocenters. The van der Waals surface area contributed by atoms with Crippen LogP contribution in [0.3, 0.4) is 0 Å². The fraction of sp³-hybridized carbons (Fsp3) is 0.381. The molecule has 29 heavy (non-hydrogen) atoms. The molecule has 1 aromatic carbocycles. The van der Waals surface area contributed by atoms with Crippen LogP contribution in [0, 0.1) is 12.8 Å². The summed E-state index contributed by atoms with van der Waals surface area (Å²) in [7, 11) is 1.51. The zero-order chi connectivity index (χ0) is 21.0. The summed E-state index contributed by atoms with van der Waals surface area (Å²) in [4.78, 5) is 38.6. The van der Waals surface area contributed by atoms with Gasteiger partial charge in [-0.3, -0.25) is 14.4 Å². The summed E-state index contributed by atoms with van der Waals surface area (Å²) >= 11 is 0. The fourth-order valence-electron chi connectivity index (χ4n) is 3.15. The number of aryl methyl sites for hydroxylation is 1. The SMILES string of the molecule is COc1ccc(C)cc1NC(=O)[C@H](C)OC(=O)[C@@H]1CC(=O)N(Cc2ccco2)C1. The van der Waals surface area contributed by atoms with E-state index < -0.39 is 23.9 Å². The molecule has 8 nitrogen and oxygen atoms in total. The molecule has 0 bridgehead atoms. The van der Waals surface area contributed by atoms with Gasteiger partial charge in [0.1, 0.15) is 11.5 Å². The first kappa shape index (κ1) is 20.4. The lowest BCUT2D eigenvalue weighted by Gasteiger charge is -2.18. The molecule has 1 N–H and O–H groups in total. The van der Waals surface area contributed by atoms with Gasteiger partial charge in [0.05, 0.1) is 31.5 Å². The molecule has 2 heterocycles. The second-order valence-electron chi connectivity index (χ2n) is 7.03. The number of carbonyl (C=O) groups is 3. The van der Waals surface area contributed by atoms with Crippen molar-refractivity contribution < 1.29 is 28.3 Å². The van der Waals surface area contributed by atoms with Crippen molar-refractivity contribution in [2.24, 2.45) is 5.92 Å². The highest BCUT2D eigenvalue weighted by molar-refractivity contribution is 5.97. The van der Waals surface area contributed by atoms with Gasteiger partial charge in [-0.05, 0) is 43.7 Å². The predicted molar refractivity (Wildman–Crippen MR) is 104 cm³/mol. The van der Waals surface area contributed by atoms with E-state index in [9.17, 15) is 14.4 Å². The fourth-order valence-corrected chi connectivity index (χ4v) is 3.15. The van der Waals surface area contributed by atoms with Crippen LogP contribution in [-0.2, 0) is 25.7 Å². The first-order valence-electron chi connectivity index (χ1n) is 9.33. The van der Waals surface area contributed by atoms with E-state index in [0.717, 1.165) is 5.56 Å². The largest absolute Gasteiger partial charge is 0.495 e. The quantitative estimate of drug-likeness (QED) is 0.717. The molecular formula is C21H24N2O6. The predicted octanol–water partition coefficient (Wildman–Crippen LogP) is 2.52. The molecule has 1 fully saturated rings. The second kappa shape index (κ2) is 8.81. The van der Waals surface area contributed by atoms with Gasteiger partial charge in [-0.1, -0.05) is 6.07 Å². The standard InChI is InChI=1S/C21H24N2O6/c1-13-6-7-18(27-3)17(9-13)22-20(25)14(2)29-21(26)15-10-19(24)23(11-15)12-16-5-4-8-28-16/h4-9,14-15H,10-12H2,1-3H3,(H,22,25)/t14-,15+/m0/s1. The molecule has 8 heteroatoms. The highest BCUT2D eigenvalue weighted by Gasteiger charge is 2.37. The molecule has 1 aromatic heterocycles. The molecule has 0 saturated carbocycles. The summed E-state index contributed by atoms with van der Waals surface area (Å²) in [5, 5.41) is 2.71. The number of nitrogens with zero attached hydrogens (tertiary/aromatic N) is 1. The van der Waals surface area contributed by atoms with Gasteiger partial charge >= 0.3 is 5.97 Å². The summed E-state index contributed by atoms with van der Waals surface area (Å²) in [6, 6.07) is 8.90. The molecule has 0 unspecified atom stereocenters. The first-order valence-corrected chi connectivity index (χ1v) is 9.33. The van der Waals surface area contributed by atoms with Crippen LogP contribution < -0.4 is 10.1 Å². The van der Waals surface area contributed by atoms with Crippen molar-refractivity contribution in [2.45, 2.75) is 32.9 Å². The van der Waals surface area contributed by atoms with E-state index in [2.05, 4.69) is 5.32 Å². The van der Waals surface area contributed by atoms with Crippen LogP contribution in [0.4, 0.5) is 5.69 Å². The number of hydrogen-bond donors (Lipinski definition) is 1. The van der Waals surface area contributed by atoms with E-state index in [1.165, 1.54) is 20.3 Å². The topological polar surface area (TPSA) is 98.1 Å². The van der Waals surface area contributed by atoms with Crippen LogP contribution in [0.2, 0.25) is 0 Å². The highest BCUT2D eigenvalue weighted by Crippen LogP contribution is 2.26. The second-order valence-corrected chi connectivity index (χ2v) is 7.03. The number of furan rings is 1. The number of anilines is 1. The molecule has 3 rings (SSSR count). The Labute approximate surface area is 168 Å². The molecule has 1 saturated heterocycles. The average molecular weight is 400 g/mol. The van der Waals surface area contributed by atoms with E-state index in [-0.39, 0.29) is 18.9 Å². The molecule has 0 spiro atoms. The number of likely N-dealkylation sites (tertiary alicyclic amines) is 1. The zero-order valence-corrected chi connectivity index (χ0v) is 16.6. The third-order valence-corrected chi connectivity index (χ3v) is 4.75. The third kappa shape index (κ3) is 4.96. The minimum Gasteiger partial charge on any atom is -0.495 e. The van der Waals surface area contributed by atoms with Crippen molar-refractivity contribution in [1.82, 2.24) is 4.90 Å². The Kier molecular flexibility index (Phi) is 6.21. The van der Waals surface area contributed by atoms with Crippen molar-refractivity contribution in [3.05, 3.63) is 47.9 Å². The lowest BCUT2D eigenvalue weighted by Crippen LogP contribution is -2.33. The lowest BCUT2D eigenvalue weighted by atomic mass is 10.1. The molecule has 2 aromatic rings. The van der Waals surface area contributed by atoms with Crippen LogP contribution in [0.5, 0.6) is 5.75 Å². The summed E-state index contributed by atoms with van der Waals surface area (Å²) in [5.74, 6) is -0.644. The van der Waals surface area contributed by atoms with E-state index in [1.807, 2.05) is 13.0 Å². The highest BCUT2D eigenvalue weighted by atomic mass is 16.5. The number of nitrogens with one attached hydrogen (secondary N) is 1. The van der Waals surface area contributed by atoms with E-state index in [4.69, 9.17) is 13.9 Å². The van der Waals surface area contributed by atoms with Crippen LogP contribution in [0.15, 0.2) is 41.0 Å². The van der Waals surface area contributed by atoms with Gasteiger partial charge in [-0.25, -0.2) is 0 Å². The number of hydrogen-bond acceptors (Lipinski definition) is 6. The normalized spacial score (nSPS) is 17.1. The minimum absolute atomic E-state index is 0.0551. The monoisotopic (exact) mass is 400 g/mol. The van der Waals surface area contributed by atoms with Gasteiger partial charge in [-0.15, -0.1) is 0 Å². The Morgan fingerprint density at radius 2 is 2.14 bits per heavy atom. The van der Waals surface area contributed by atoms with Gasteiger partial charge in [0.15, 0.2) is 6.10 Å². The Balaban J connectivity index is 1.55. The van der Waals surface area contributed by atoms with Gasteiger partial charge in [0.25, 0.3) is 5.91 Å². The maximum atomic E-state index is 12.5. The molecule has 0 radical (unpaired) electrons.